The smallest absolute Gasteiger partial charge is 0.335 e. The van der Waals surface area contributed by atoms with E-state index in [1.165, 1.54) is 19.4 Å². The van der Waals surface area contributed by atoms with E-state index in [0.29, 0.717) is 17.6 Å². The quantitative estimate of drug-likeness (QED) is 0.916. The molecule has 0 spiro atoms. The van der Waals surface area contributed by atoms with Gasteiger partial charge in [-0.3, -0.25) is 9.80 Å². The fourth-order valence-corrected chi connectivity index (χ4v) is 3.51. The molecule has 0 aromatic heterocycles. The van der Waals surface area contributed by atoms with E-state index in [9.17, 15) is 4.79 Å². The maximum absolute atomic E-state index is 11.0. The van der Waals surface area contributed by atoms with Gasteiger partial charge < -0.3 is 5.11 Å². The van der Waals surface area contributed by atoms with Crippen molar-refractivity contribution >= 4 is 5.97 Å². The van der Waals surface area contributed by atoms with E-state index in [0.717, 1.165) is 25.2 Å². The Balaban J connectivity index is 1.70. The van der Waals surface area contributed by atoms with Gasteiger partial charge in [-0.2, -0.15) is 0 Å². The zero-order valence-electron chi connectivity index (χ0n) is 12.0. The van der Waals surface area contributed by atoms with E-state index in [1.807, 2.05) is 12.1 Å². The summed E-state index contributed by atoms with van der Waals surface area (Å²) in [5, 5.41) is 9.07. The van der Waals surface area contributed by atoms with Gasteiger partial charge in [0.25, 0.3) is 0 Å². The van der Waals surface area contributed by atoms with Crippen molar-refractivity contribution in [1.82, 2.24) is 9.80 Å². The summed E-state index contributed by atoms with van der Waals surface area (Å²) < 4.78 is 0. The fourth-order valence-electron chi connectivity index (χ4n) is 3.51. The zero-order valence-corrected chi connectivity index (χ0v) is 12.0. The number of carboxylic acids is 1. The van der Waals surface area contributed by atoms with E-state index in [1.54, 1.807) is 12.1 Å². The molecule has 20 heavy (non-hydrogen) atoms. The minimum absolute atomic E-state index is 0.384. The van der Waals surface area contributed by atoms with E-state index < -0.39 is 5.97 Å². The molecule has 2 unspecified atom stereocenters. The lowest BCUT2D eigenvalue weighted by Gasteiger charge is -2.42. The van der Waals surface area contributed by atoms with Crippen LogP contribution in [0.1, 0.15) is 35.7 Å². The molecule has 2 fully saturated rings. The van der Waals surface area contributed by atoms with Crippen molar-refractivity contribution in [2.75, 3.05) is 19.6 Å². The normalized spacial score (nSPS) is 27.4. The number of hydrogen-bond acceptors (Lipinski definition) is 3. The molecular weight excluding hydrogens is 252 g/mol. The lowest BCUT2D eigenvalue weighted by atomic mass is 10.1. The molecule has 0 amide bonds. The van der Waals surface area contributed by atoms with Crippen LogP contribution in [-0.2, 0) is 6.54 Å². The molecule has 1 N–H and O–H groups in total. The van der Waals surface area contributed by atoms with E-state index in [4.69, 9.17) is 5.11 Å². The maximum Gasteiger partial charge on any atom is 0.335 e. The standard InChI is InChI=1S/C16H22N2O2/c1-12-9-17-7-3-6-15(17)11-18(12)10-13-4-2-5-14(8-13)16(19)20/h2,4-5,8,12,15H,3,6-7,9-11H2,1H3,(H,19,20). The van der Waals surface area contributed by atoms with E-state index in [-0.39, 0.29) is 0 Å². The Morgan fingerprint density at radius 2 is 2.25 bits per heavy atom. The first-order chi connectivity index (χ1) is 9.63. The molecular formula is C16H22N2O2. The first kappa shape index (κ1) is 13.6. The number of benzene rings is 1. The third kappa shape index (κ3) is 2.72. The highest BCUT2D eigenvalue weighted by Crippen LogP contribution is 2.25. The lowest BCUT2D eigenvalue weighted by Crippen LogP contribution is -2.54. The van der Waals surface area contributed by atoms with Crippen molar-refractivity contribution < 1.29 is 9.90 Å². The number of nitrogens with zero attached hydrogens (tertiary/aromatic N) is 2. The molecule has 0 radical (unpaired) electrons. The van der Waals surface area contributed by atoms with E-state index >= 15 is 0 Å². The second kappa shape index (κ2) is 5.54. The van der Waals surface area contributed by atoms with Crippen molar-refractivity contribution in [3.63, 3.8) is 0 Å². The summed E-state index contributed by atoms with van der Waals surface area (Å²) in [6.07, 6.45) is 2.62. The third-order valence-corrected chi connectivity index (χ3v) is 4.63. The summed E-state index contributed by atoms with van der Waals surface area (Å²) in [6, 6.07) is 8.57. The second-order valence-electron chi connectivity index (χ2n) is 6.07. The Morgan fingerprint density at radius 3 is 3.05 bits per heavy atom. The first-order valence-electron chi connectivity index (χ1n) is 7.44. The molecule has 0 saturated carbocycles. The molecule has 1 aromatic carbocycles. The molecule has 2 saturated heterocycles. The number of rotatable bonds is 3. The van der Waals surface area contributed by atoms with Gasteiger partial charge in [0, 0.05) is 31.7 Å². The largest absolute Gasteiger partial charge is 0.478 e. The molecule has 2 atom stereocenters. The Kier molecular flexibility index (Phi) is 3.76. The highest BCUT2D eigenvalue weighted by molar-refractivity contribution is 5.87. The molecule has 2 aliphatic heterocycles. The minimum Gasteiger partial charge on any atom is -0.478 e. The van der Waals surface area contributed by atoms with Gasteiger partial charge >= 0.3 is 5.97 Å². The maximum atomic E-state index is 11.0. The average molecular weight is 274 g/mol. The second-order valence-corrected chi connectivity index (χ2v) is 6.07. The Labute approximate surface area is 120 Å². The average Bonchev–Trinajstić information content (AvgIpc) is 2.86. The van der Waals surface area contributed by atoms with Gasteiger partial charge in [0.15, 0.2) is 0 Å². The summed E-state index contributed by atoms with van der Waals surface area (Å²) in [6.45, 7) is 6.63. The number of piperazine rings is 1. The van der Waals surface area contributed by atoms with Crippen LogP contribution in [0, 0.1) is 0 Å². The van der Waals surface area contributed by atoms with Crippen molar-refractivity contribution in [2.45, 2.75) is 38.4 Å². The van der Waals surface area contributed by atoms with Crippen LogP contribution in [0.5, 0.6) is 0 Å². The molecule has 4 heteroatoms. The summed E-state index contributed by atoms with van der Waals surface area (Å²) in [7, 11) is 0. The van der Waals surface area contributed by atoms with Gasteiger partial charge in [-0.15, -0.1) is 0 Å². The highest BCUT2D eigenvalue weighted by atomic mass is 16.4. The Bertz CT molecular complexity index is 503. The SMILES string of the molecule is CC1CN2CCCC2CN1Cc1cccc(C(=O)O)c1. The summed E-state index contributed by atoms with van der Waals surface area (Å²) in [5.41, 5.74) is 1.48. The molecule has 4 nitrogen and oxygen atoms in total. The first-order valence-corrected chi connectivity index (χ1v) is 7.44. The van der Waals surface area contributed by atoms with Crippen LogP contribution < -0.4 is 0 Å². The number of carboxylic acid groups (broad SMARTS) is 1. The zero-order chi connectivity index (χ0) is 14.1. The van der Waals surface area contributed by atoms with E-state index in [2.05, 4.69) is 16.7 Å². The Morgan fingerprint density at radius 1 is 1.40 bits per heavy atom. The number of fused-ring (bicyclic) bond motifs is 1. The van der Waals surface area contributed by atoms with Gasteiger partial charge in [0.1, 0.15) is 0 Å². The molecule has 108 valence electrons. The molecule has 1 aromatic rings. The number of carbonyl (C=O) groups is 1. The van der Waals surface area contributed by atoms with Crippen LogP contribution in [0.4, 0.5) is 0 Å². The molecule has 2 aliphatic rings. The van der Waals surface area contributed by atoms with Crippen LogP contribution in [0.3, 0.4) is 0 Å². The summed E-state index contributed by atoms with van der Waals surface area (Å²) in [5.74, 6) is -0.847. The molecule has 0 bridgehead atoms. The number of hydrogen-bond donors (Lipinski definition) is 1. The van der Waals surface area contributed by atoms with Crippen molar-refractivity contribution in [3.8, 4) is 0 Å². The van der Waals surface area contributed by atoms with Crippen LogP contribution in [0.15, 0.2) is 24.3 Å². The summed E-state index contributed by atoms with van der Waals surface area (Å²) >= 11 is 0. The van der Waals surface area contributed by atoms with Crippen molar-refractivity contribution in [2.24, 2.45) is 0 Å². The molecule has 2 heterocycles. The van der Waals surface area contributed by atoms with Gasteiger partial charge in [-0.25, -0.2) is 4.79 Å². The van der Waals surface area contributed by atoms with Crippen LogP contribution in [0.2, 0.25) is 0 Å². The topological polar surface area (TPSA) is 43.8 Å². The fraction of sp³-hybridized carbons (Fsp3) is 0.562. The predicted octanol–water partition coefficient (Wildman–Crippen LogP) is 2.05. The predicted molar refractivity (Wildman–Crippen MR) is 77.9 cm³/mol. The third-order valence-electron chi connectivity index (χ3n) is 4.63. The Hall–Kier alpha value is -1.39. The molecule has 3 rings (SSSR count). The van der Waals surface area contributed by atoms with Crippen LogP contribution in [-0.4, -0.2) is 52.6 Å². The minimum atomic E-state index is -0.847. The highest BCUT2D eigenvalue weighted by Gasteiger charge is 2.34. The lowest BCUT2D eigenvalue weighted by molar-refractivity contribution is 0.0539. The van der Waals surface area contributed by atoms with Gasteiger partial charge in [-0.05, 0) is 44.0 Å². The van der Waals surface area contributed by atoms with Crippen molar-refractivity contribution in [1.29, 1.82) is 0 Å². The number of aromatic carboxylic acids is 1. The van der Waals surface area contributed by atoms with Gasteiger partial charge in [0.2, 0.25) is 0 Å². The monoisotopic (exact) mass is 274 g/mol. The van der Waals surface area contributed by atoms with Crippen molar-refractivity contribution in [3.05, 3.63) is 35.4 Å². The van der Waals surface area contributed by atoms with Crippen LogP contribution >= 0.6 is 0 Å². The van der Waals surface area contributed by atoms with Gasteiger partial charge in [0.05, 0.1) is 5.56 Å². The summed E-state index contributed by atoms with van der Waals surface area (Å²) in [4.78, 5) is 16.1. The van der Waals surface area contributed by atoms with Crippen LogP contribution in [0.25, 0.3) is 0 Å². The van der Waals surface area contributed by atoms with Gasteiger partial charge in [-0.1, -0.05) is 12.1 Å². The molecule has 0 aliphatic carbocycles.